The van der Waals surface area contributed by atoms with Crippen molar-refractivity contribution in [2.24, 2.45) is 0 Å². The van der Waals surface area contributed by atoms with Crippen LogP contribution in [0.4, 0.5) is 0 Å². The fourth-order valence-corrected chi connectivity index (χ4v) is 4.27. The summed E-state index contributed by atoms with van der Waals surface area (Å²) >= 11 is 1.94. The number of nitrogens with zero attached hydrogens (tertiary/aromatic N) is 4. The van der Waals surface area contributed by atoms with E-state index in [0.717, 1.165) is 35.4 Å². The number of thioether (sulfide) groups is 1. The maximum absolute atomic E-state index is 4.62. The zero-order valence-corrected chi connectivity index (χ0v) is 14.9. The van der Waals surface area contributed by atoms with Crippen LogP contribution in [-0.4, -0.2) is 30.9 Å². The van der Waals surface area contributed by atoms with Crippen molar-refractivity contribution in [1.82, 2.24) is 25.6 Å². The van der Waals surface area contributed by atoms with Crippen molar-refractivity contribution in [2.75, 3.05) is 0 Å². The van der Waals surface area contributed by atoms with E-state index in [2.05, 4.69) is 55.9 Å². The van der Waals surface area contributed by atoms with Gasteiger partial charge in [-0.25, -0.2) is 10.1 Å². The van der Waals surface area contributed by atoms with Gasteiger partial charge >= 0.3 is 0 Å². The molecule has 2 heterocycles. The van der Waals surface area contributed by atoms with Crippen molar-refractivity contribution in [3.63, 3.8) is 0 Å². The van der Waals surface area contributed by atoms with Crippen LogP contribution in [0.3, 0.4) is 0 Å². The molecule has 0 amide bonds. The van der Waals surface area contributed by atoms with Crippen LogP contribution in [0, 0.1) is 0 Å². The zero-order valence-electron chi connectivity index (χ0n) is 14.1. The van der Waals surface area contributed by atoms with E-state index >= 15 is 0 Å². The van der Waals surface area contributed by atoms with Crippen molar-refractivity contribution in [3.05, 3.63) is 54.0 Å². The van der Waals surface area contributed by atoms with E-state index in [-0.39, 0.29) is 0 Å². The first-order chi connectivity index (χ1) is 12.4. The van der Waals surface area contributed by atoms with Gasteiger partial charge in [-0.1, -0.05) is 36.8 Å². The lowest BCUT2D eigenvalue weighted by atomic mass is 10.00. The quantitative estimate of drug-likeness (QED) is 0.694. The molecular formula is C19H21N5S. The Bertz CT molecular complexity index is 797. The van der Waals surface area contributed by atoms with Crippen LogP contribution in [0.25, 0.3) is 11.1 Å². The fourth-order valence-electron chi connectivity index (χ4n) is 2.95. The number of pyridine rings is 1. The van der Waals surface area contributed by atoms with E-state index in [1.165, 1.54) is 36.0 Å². The molecule has 1 fully saturated rings. The Hall–Kier alpha value is -2.21. The largest absolute Gasteiger partial charge is 0.249 e. The molecule has 0 atom stereocenters. The summed E-state index contributed by atoms with van der Waals surface area (Å²) in [6, 6.07) is 13.1. The summed E-state index contributed by atoms with van der Waals surface area (Å²) in [7, 11) is 0. The summed E-state index contributed by atoms with van der Waals surface area (Å²) in [6.45, 7) is 0. The number of nitrogens with one attached hydrogen (secondary N) is 1. The topological polar surface area (TPSA) is 67.3 Å². The molecule has 4 rings (SSSR count). The Morgan fingerprint density at radius 2 is 1.96 bits per heavy atom. The second-order valence-electron chi connectivity index (χ2n) is 6.43. The third kappa shape index (κ3) is 4.07. The molecule has 1 saturated carbocycles. The maximum atomic E-state index is 4.62. The molecule has 3 aromatic rings. The molecule has 0 radical (unpaired) electrons. The number of aryl methyl sites for hydroxylation is 2. The summed E-state index contributed by atoms with van der Waals surface area (Å²) < 4.78 is 0. The molecule has 0 bridgehead atoms. The predicted molar refractivity (Wildman–Crippen MR) is 99.4 cm³/mol. The highest BCUT2D eigenvalue weighted by Crippen LogP contribution is 2.39. The second-order valence-corrected chi connectivity index (χ2v) is 7.71. The lowest BCUT2D eigenvalue weighted by molar-refractivity contribution is 0.521. The number of tetrazole rings is 1. The monoisotopic (exact) mass is 351 g/mol. The highest BCUT2D eigenvalue weighted by Gasteiger charge is 2.20. The summed E-state index contributed by atoms with van der Waals surface area (Å²) in [5.41, 5.74) is 3.84. The third-order valence-electron chi connectivity index (χ3n) is 4.63. The molecule has 0 spiro atoms. The van der Waals surface area contributed by atoms with Crippen LogP contribution in [0.1, 0.15) is 37.1 Å². The molecule has 25 heavy (non-hydrogen) atoms. The minimum atomic E-state index is 0.749. The Kier molecular flexibility index (Phi) is 5.06. The van der Waals surface area contributed by atoms with E-state index in [0.29, 0.717) is 0 Å². The molecule has 128 valence electrons. The van der Waals surface area contributed by atoms with E-state index in [4.69, 9.17) is 0 Å². The van der Waals surface area contributed by atoms with Crippen molar-refractivity contribution in [1.29, 1.82) is 0 Å². The number of H-pyrrole nitrogens is 1. The molecule has 0 aliphatic heterocycles. The van der Waals surface area contributed by atoms with Gasteiger partial charge in [0.05, 0.1) is 0 Å². The van der Waals surface area contributed by atoms with Gasteiger partial charge in [-0.3, -0.25) is 0 Å². The number of aromatic amines is 1. The summed E-state index contributed by atoms with van der Waals surface area (Å²) in [5.74, 6) is 0.852. The first-order valence-corrected chi connectivity index (χ1v) is 9.70. The summed E-state index contributed by atoms with van der Waals surface area (Å²) in [6.07, 6.45) is 8.83. The van der Waals surface area contributed by atoms with Gasteiger partial charge in [0.25, 0.3) is 0 Å². The standard InChI is InChI=1S/C19H21N5S/c1(8-18-21-23-24-22-18)4-14-9-11-15(12-10-14)17-7-3-13-20-19(17)25-16-5-2-6-16/h3,7,9-13,16H,1-2,4-6,8H2,(H,21,22,23,24). The molecule has 0 saturated heterocycles. The number of hydrogen-bond donors (Lipinski definition) is 1. The van der Waals surface area contributed by atoms with Gasteiger partial charge in [0, 0.05) is 23.4 Å². The van der Waals surface area contributed by atoms with Crippen LogP contribution >= 0.6 is 11.8 Å². The first-order valence-electron chi connectivity index (χ1n) is 8.82. The Morgan fingerprint density at radius 3 is 2.68 bits per heavy atom. The summed E-state index contributed by atoms with van der Waals surface area (Å²) in [4.78, 5) is 4.62. The minimum absolute atomic E-state index is 0.749. The lowest BCUT2D eigenvalue weighted by Crippen LogP contribution is -2.13. The van der Waals surface area contributed by atoms with Crippen molar-refractivity contribution >= 4 is 11.8 Å². The van der Waals surface area contributed by atoms with Crippen molar-refractivity contribution in [3.8, 4) is 11.1 Å². The third-order valence-corrected chi connectivity index (χ3v) is 5.99. The average molecular weight is 351 g/mol. The zero-order chi connectivity index (χ0) is 16.9. The molecule has 1 aromatic carbocycles. The van der Waals surface area contributed by atoms with Crippen LogP contribution in [-0.2, 0) is 12.8 Å². The van der Waals surface area contributed by atoms with Gasteiger partial charge in [0.1, 0.15) is 10.9 Å². The maximum Gasteiger partial charge on any atom is 0.148 e. The Labute approximate surface area is 151 Å². The molecular weight excluding hydrogens is 330 g/mol. The molecule has 0 unspecified atom stereocenters. The normalized spacial score (nSPS) is 14.4. The van der Waals surface area contributed by atoms with Crippen molar-refractivity contribution < 1.29 is 0 Å². The number of benzene rings is 1. The molecule has 2 aromatic heterocycles. The van der Waals surface area contributed by atoms with Crippen LogP contribution in [0.15, 0.2) is 47.6 Å². The smallest absolute Gasteiger partial charge is 0.148 e. The number of rotatable bonds is 7. The van der Waals surface area contributed by atoms with Gasteiger partial charge in [0.2, 0.25) is 0 Å². The van der Waals surface area contributed by atoms with Gasteiger partial charge in [-0.15, -0.1) is 16.9 Å². The number of aromatic nitrogens is 5. The molecule has 1 aliphatic carbocycles. The molecule has 6 heteroatoms. The highest BCUT2D eigenvalue weighted by molar-refractivity contribution is 8.00. The van der Waals surface area contributed by atoms with Crippen LogP contribution < -0.4 is 0 Å². The molecule has 1 aliphatic rings. The minimum Gasteiger partial charge on any atom is -0.249 e. The summed E-state index contributed by atoms with van der Waals surface area (Å²) in [5, 5.41) is 15.8. The Morgan fingerprint density at radius 1 is 1.08 bits per heavy atom. The van der Waals surface area contributed by atoms with Gasteiger partial charge in [0.15, 0.2) is 0 Å². The lowest BCUT2D eigenvalue weighted by Gasteiger charge is -2.24. The average Bonchev–Trinajstić information content (AvgIpc) is 3.13. The Balaban J connectivity index is 1.41. The van der Waals surface area contributed by atoms with Gasteiger partial charge in [-0.2, -0.15) is 0 Å². The molecule has 1 N–H and O–H groups in total. The number of hydrogen-bond acceptors (Lipinski definition) is 5. The van der Waals surface area contributed by atoms with Crippen LogP contribution in [0.2, 0.25) is 0 Å². The van der Waals surface area contributed by atoms with Crippen LogP contribution in [0.5, 0.6) is 0 Å². The first kappa shape index (κ1) is 16.3. The van der Waals surface area contributed by atoms with E-state index in [9.17, 15) is 0 Å². The fraction of sp³-hybridized carbons (Fsp3) is 0.368. The second kappa shape index (κ2) is 7.78. The molecule has 5 nitrogen and oxygen atoms in total. The van der Waals surface area contributed by atoms with Crippen molar-refractivity contribution in [2.45, 2.75) is 48.8 Å². The highest BCUT2D eigenvalue weighted by atomic mass is 32.2. The van der Waals surface area contributed by atoms with Gasteiger partial charge in [-0.05, 0) is 53.3 Å². The van der Waals surface area contributed by atoms with E-state index < -0.39 is 0 Å². The van der Waals surface area contributed by atoms with Gasteiger partial charge < -0.3 is 0 Å². The van der Waals surface area contributed by atoms with E-state index in [1.807, 2.05) is 24.0 Å². The SMILES string of the molecule is c1cnc(SC2CCC2)c(-c2ccc(CCCc3nnn[nH]3)cc2)c1. The van der Waals surface area contributed by atoms with E-state index in [1.54, 1.807) is 0 Å². The predicted octanol–water partition coefficient (Wildman–Crippen LogP) is 4.08.